The van der Waals surface area contributed by atoms with Crippen LogP contribution in [0.15, 0.2) is 0 Å². The van der Waals surface area contributed by atoms with Gasteiger partial charge in [-0.1, -0.05) is 0 Å². The molecule has 0 spiro atoms. The summed E-state index contributed by atoms with van der Waals surface area (Å²) in [7, 11) is -0.935. The Labute approximate surface area is 149 Å². The molecular weight excluding hydrogens is 295 g/mol. The van der Waals surface area contributed by atoms with Crippen LogP contribution < -0.4 is 0 Å². The Balaban J connectivity index is 4.16. The Morgan fingerprint density at radius 3 is 1.09 bits per heavy atom. The second-order valence-electron chi connectivity index (χ2n) is 7.99. The first-order valence-corrected chi connectivity index (χ1v) is 14.1. The van der Waals surface area contributed by atoms with Crippen molar-refractivity contribution in [3.63, 3.8) is 0 Å². The van der Waals surface area contributed by atoms with Crippen molar-refractivity contribution in [2.75, 3.05) is 24.6 Å². The fourth-order valence-corrected chi connectivity index (χ4v) is 8.85. The molecule has 0 atom stereocenters. The SMILES string of the molecule is CCCCCCCC[PH](CC)(CCCCC)CCCCCCC. The molecule has 0 radical (unpaired) electrons. The van der Waals surface area contributed by atoms with Crippen LogP contribution in [0.2, 0.25) is 0 Å². The fraction of sp³-hybridized carbons (Fsp3) is 1.00. The first-order valence-electron chi connectivity index (χ1n) is 11.2. The maximum absolute atomic E-state index is 2.53. The van der Waals surface area contributed by atoms with Gasteiger partial charge in [0.2, 0.25) is 0 Å². The molecule has 0 aromatic rings. The van der Waals surface area contributed by atoms with Gasteiger partial charge in [-0.05, 0) is 0 Å². The molecule has 0 rings (SSSR count). The van der Waals surface area contributed by atoms with Crippen LogP contribution in [0.3, 0.4) is 0 Å². The predicted molar refractivity (Wildman–Crippen MR) is 115 cm³/mol. The van der Waals surface area contributed by atoms with Gasteiger partial charge in [0.05, 0.1) is 0 Å². The third-order valence-electron chi connectivity index (χ3n) is 5.93. The van der Waals surface area contributed by atoms with Crippen LogP contribution in [0, 0.1) is 0 Å². The molecule has 0 N–H and O–H groups in total. The van der Waals surface area contributed by atoms with Crippen LogP contribution in [0.1, 0.15) is 118 Å². The van der Waals surface area contributed by atoms with E-state index < -0.39 is 7.26 Å². The topological polar surface area (TPSA) is 0 Å². The quantitative estimate of drug-likeness (QED) is 0.173. The Morgan fingerprint density at radius 2 is 0.696 bits per heavy atom. The van der Waals surface area contributed by atoms with Crippen LogP contribution >= 0.6 is 7.26 Å². The third kappa shape index (κ3) is 13.4. The Hall–Kier alpha value is 0.430. The Kier molecular flexibility index (Phi) is 17.6. The minimum atomic E-state index is -0.935. The summed E-state index contributed by atoms with van der Waals surface area (Å²) in [6, 6.07) is 0. The van der Waals surface area contributed by atoms with Gasteiger partial charge in [0.1, 0.15) is 0 Å². The minimum absolute atomic E-state index is 0.935. The van der Waals surface area contributed by atoms with Crippen LogP contribution in [-0.2, 0) is 0 Å². The summed E-state index contributed by atoms with van der Waals surface area (Å²) in [5, 5.41) is 0. The summed E-state index contributed by atoms with van der Waals surface area (Å²) >= 11 is 0. The molecule has 0 fully saturated rings. The molecule has 0 saturated heterocycles. The predicted octanol–water partition coefficient (Wildman–Crippen LogP) is 8.28. The molecule has 0 aromatic heterocycles. The second kappa shape index (κ2) is 17.3. The standard InChI is InChI=1S/C22H49P/c1-5-9-12-14-16-19-22-23(8-4,20-17-11-7-3)21-18-15-13-10-6-2/h23H,5-22H2,1-4H3. The first kappa shape index (κ1) is 23.4. The summed E-state index contributed by atoms with van der Waals surface area (Å²) in [6.07, 6.45) is 27.1. The summed E-state index contributed by atoms with van der Waals surface area (Å²) in [4.78, 5) is 0. The van der Waals surface area contributed by atoms with Gasteiger partial charge in [0, 0.05) is 0 Å². The van der Waals surface area contributed by atoms with E-state index in [0.29, 0.717) is 0 Å². The van der Waals surface area contributed by atoms with Crippen LogP contribution in [0.25, 0.3) is 0 Å². The van der Waals surface area contributed by atoms with Crippen molar-refractivity contribution in [2.24, 2.45) is 0 Å². The molecule has 0 unspecified atom stereocenters. The van der Waals surface area contributed by atoms with Crippen LogP contribution in [0.5, 0.6) is 0 Å². The fourth-order valence-electron chi connectivity index (χ4n) is 4.04. The van der Waals surface area contributed by atoms with E-state index in [1.165, 1.54) is 77.0 Å². The van der Waals surface area contributed by atoms with E-state index in [1.54, 1.807) is 37.5 Å². The normalized spacial score (nSPS) is 12.7. The van der Waals surface area contributed by atoms with E-state index in [-0.39, 0.29) is 0 Å². The van der Waals surface area contributed by atoms with Gasteiger partial charge >= 0.3 is 149 Å². The molecule has 142 valence electrons. The van der Waals surface area contributed by atoms with Gasteiger partial charge in [-0.3, -0.25) is 0 Å². The molecule has 0 aromatic carbocycles. The van der Waals surface area contributed by atoms with Crippen LogP contribution in [-0.4, -0.2) is 24.6 Å². The zero-order valence-corrected chi connectivity index (χ0v) is 18.2. The number of unbranched alkanes of at least 4 members (excludes halogenated alkanes) is 11. The molecule has 0 bridgehead atoms. The van der Waals surface area contributed by atoms with Crippen molar-refractivity contribution < 1.29 is 0 Å². The third-order valence-corrected chi connectivity index (χ3v) is 11.7. The van der Waals surface area contributed by atoms with Crippen molar-refractivity contribution in [3.05, 3.63) is 0 Å². The van der Waals surface area contributed by atoms with E-state index in [1.807, 2.05) is 0 Å². The van der Waals surface area contributed by atoms with E-state index >= 15 is 0 Å². The van der Waals surface area contributed by atoms with Crippen molar-refractivity contribution in [3.8, 4) is 0 Å². The van der Waals surface area contributed by atoms with Crippen molar-refractivity contribution in [1.82, 2.24) is 0 Å². The van der Waals surface area contributed by atoms with Gasteiger partial charge in [-0.15, -0.1) is 0 Å². The van der Waals surface area contributed by atoms with E-state index in [4.69, 9.17) is 0 Å². The Morgan fingerprint density at radius 1 is 0.391 bits per heavy atom. The average Bonchev–Trinajstić information content (AvgIpc) is 2.57. The molecule has 0 aliphatic carbocycles. The van der Waals surface area contributed by atoms with Crippen LogP contribution in [0.4, 0.5) is 0 Å². The Bertz CT molecular complexity index is 226. The zero-order chi connectivity index (χ0) is 17.2. The first-order chi connectivity index (χ1) is 11.2. The molecule has 0 heterocycles. The number of hydrogen-bond acceptors (Lipinski definition) is 0. The summed E-state index contributed by atoms with van der Waals surface area (Å²) in [5.74, 6) is 0. The number of rotatable bonds is 18. The van der Waals surface area contributed by atoms with Gasteiger partial charge in [-0.25, -0.2) is 0 Å². The van der Waals surface area contributed by atoms with Crippen molar-refractivity contribution in [1.29, 1.82) is 0 Å². The second-order valence-corrected chi connectivity index (χ2v) is 13.2. The molecule has 0 aliphatic rings. The molecule has 0 nitrogen and oxygen atoms in total. The molecule has 0 amide bonds. The van der Waals surface area contributed by atoms with Crippen molar-refractivity contribution >= 4 is 7.26 Å². The summed E-state index contributed by atoms with van der Waals surface area (Å²) in [5.41, 5.74) is 0. The van der Waals surface area contributed by atoms with Gasteiger partial charge in [0.15, 0.2) is 0 Å². The van der Waals surface area contributed by atoms with Gasteiger partial charge in [0.25, 0.3) is 0 Å². The average molecular weight is 345 g/mol. The van der Waals surface area contributed by atoms with E-state index in [9.17, 15) is 0 Å². The molecule has 23 heavy (non-hydrogen) atoms. The monoisotopic (exact) mass is 344 g/mol. The van der Waals surface area contributed by atoms with E-state index in [2.05, 4.69) is 27.7 Å². The molecular formula is C22H49P. The molecule has 1 heteroatoms. The van der Waals surface area contributed by atoms with Gasteiger partial charge < -0.3 is 0 Å². The molecule has 0 aliphatic heterocycles. The zero-order valence-electron chi connectivity index (χ0n) is 17.2. The summed E-state index contributed by atoms with van der Waals surface area (Å²) in [6.45, 7) is 9.53. The summed E-state index contributed by atoms with van der Waals surface area (Å²) < 4.78 is 0. The van der Waals surface area contributed by atoms with E-state index in [0.717, 1.165) is 0 Å². The van der Waals surface area contributed by atoms with Gasteiger partial charge in [-0.2, -0.15) is 0 Å². The van der Waals surface area contributed by atoms with Crippen molar-refractivity contribution in [2.45, 2.75) is 118 Å². The number of hydrogen-bond donors (Lipinski definition) is 0. The molecule has 0 saturated carbocycles. The maximum atomic E-state index is 2.53.